The molecule has 0 spiro atoms. The summed E-state index contributed by atoms with van der Waals surface area (Å²) in [5.41, 5.74) is 2.97. The maximum atomic E-state index is 13.6. The van der Waals surface area contributed by atoms with E-state index in [1.807, 2.05) is 25.1 Å². The molecule has 0 aliphatic carbocycles. The number of nitrogens with zero attached hydrogens (tertiary/aromatic N) is 1. The smallest absolute Gasteiger partial charge is 0.141 e. The van der Waals surface area contributed by atoms with Crippen LogP contribution in [0.15, 0.2) is 36.4 Å². The molecule has 0 aliphatic heterocycles. The highest BCUT2D eigenvalue weighted by Gasteiger charge is 2.10. The van der Waals surface area contributed by atoms with Crippen LogP contribution in [0.2, 0.25) is 0 Å². The lowest BCUT2D eigenvalue weighted by atomic mass is 10.2. The Hall–Kier alpha value is -2.23. The van der Waals surface area contributed by atoms with E-state index in [1.54, 1.807) is 0 Å². The average molecular weight is 244 g/mol. The fourth-order valence-corrected chi connectivity index (χ4v) is 1.93. The lowest BCUT2D eigenvalue weighted by Gasteiger charge is -1.98. The highest BCUT2D eigenvalue weighted by Crippen LogP contribution is 2.24. The van der Waals surface area contributed by atoms with Gasteiger partial charge in [-0.2, -0.15) is 0 Å². The fourth-order valence-electron chi connectivity index (χ4n) is 1.93. The quantitative estimate of drug-likeness (QED) is 0.692. The highest BCUT2D eigenvalue weighted by molar-refractivity contribution is 5.80. The minimum absolute atomic E-state index is 0.269. The van der Waals surface area contributed by atoms with E-state index < -0.39 is 11.6 Å². The molecule has 90 valence electrons. The molecule has 3 aromatic rings. The second-order valence-corrected chi connectivity index (χ2v) is 4.23. The number of imidazole rings is 1. The average Bonchev–Trinajstić information content (AvgIpc) is 2.71. The van der Waals surface area contributed by atoms with Gasteiger partial charge in [-0.15, -0.1) is 0 Å². The fraction of sp³-hybridized carbons (Fsp3) is 0.0714. The first kappa shape index (κ1) is 10.9. The molecule has 0 radical (unpaired) electrons. The van der Waals surface area contributed by atoms with Crippen molar-refractivity contribution in [2.75, 3.05) is 0 Å². The van der Waals surface area contributed by atoms with Gasteiger partial charge in [0.15, 0.2) is 0 Å². The molecule has 0 amide bonds. The zero-order valence-corrected chi connectivity index (χ0v) is 9.67. The maximum absolute atomic E-state index is 13.6. The molecule has 1 N–H and O–H groups in total. The number of nitrogens with one attached hydrogen (secondary N) is 1. The number of hydrogen-bond donors (Lipinski definition) is 1. The Labute approximate surface area is 102 Å². The Morgan fingerprint density at radius 3 is 2.67 bits per heavy atom. The first-order valence-electron chi connectivity index (χ1n) is 5.55. The summed E-state index contributed by atoms with van der Waals surface area (Å²) < 4.78 is 26.5. The number of aromatic amines is 1. The number of halogens is 2. The van der Waals surface area contributed by atoms with Crippen molar-refractivity contribution in [3.8, 4) is 11.4 Å². The molecule has 0 atom stereocenters. The zero-order valence-electron chi connectivity index (χ0n) is 9.67. The minimum atomic E-state index is -0.620. The Morgan fingerprint density at radius 2 is 1.89 bits per heavy atom. The van der Waals surface area contributed by atoms with Gasteiger partial charge in [0, 0.05) is 6.07 Å². The standard InChI is InChI=1S/C14H10F2N2/c1-8-2-5-12-13(6-8)18-14(17-12)10-4-3-9(15)7-11(10)16/h2-7H,1H3,(H,17,18). The van der Waals surface area contributed by atoms with Gasteiger partial charge >= 0.3 is 0 Å². The van der Waals surface area contributed by atoms with Crippen LogP contribution in [0.5, 0.6) is 0 Å². The van der Waals surface area contributed by atoms with Crippen LogP contribution in [0, 0.1) is 18.6 Å². The van der Waals surface area contributed by atoms with Crippen LogP contribution in [0.4, 0.5) is 8.78 Å². The van der Waals surface area contributed by atoms with Crippen molar-refractivity contribution >= 4 is 11.0 Å². The summed E-state index contributed by atoms with van der Waals surface area (Å²) in [7, 11) is 0. The van der Waals surface area contributed by atoms with E-state index in [0.29, 0.717) is 5.82 Å². The van der Waals surface area contributed by atoms with Crippen molar-refractivity contribution < 1.29 is 8.78 Å². The number of aromatic nitrogens is 2. The summed E-state index contributed by atoms with van der Waals surface area (Å²) in [5.74, 6) is -0.804. The molecule has 1 aromatic heterocycles. The minimum Gasteiger partial charge on any atom is -0.338 e. The van der Waals surface area contributed by atoms with Crippen molar-refractivity contribution in [3.63, 3.8) is 0 Å². The number of benzene rings is 2. The van der Waals surface area contributed by atoms with Gasteiger partial charge < -0.3 is 4.98 Å². The van der Waals surface area contributed by atoms with Gasteiger partial charge in [0.1, 0.15) is 17.5 Å². The molecular formula is C14H10F2N2. The molecule has 0 saturated heterocycles. The van der Waals surface area contributed by atoms with Crippen LogP contribution < -0.4 is 0 Å². The van der Waals surface area contributed by atoms with Gasteiger partial charge in [-0.3, -0.25) is 0 Å². The number of H-pyrrole nitrogens is 1. The molecule has 0 saturated carbocycles. The van der Waals surface area contributed by atoms with Crippen molar-refractivity contribution in [2.24, 2.45) is 0 Å². The Bertz CT molecular complexity index is 732. The van der Waals surface area contributed by atoms with Crippen molar-refractivity contribution in [3.05, 3.63) is 53.6 Å². The summed E-state index contributed by atoms with van der Waals surface area (Å²) in [4.78, 5) is 7.34. The van der Waals surface area contributed by atoms with Gasteiger partial charge in [-0.1, -0.05) is 6.07 Å². The second kappa shape index (κ2) is 3.91. The first-order chi connectivity index (χ1) is 8.63. The Morgan fingerprint density at radius 1 is 1.06 bits per heavy atom. The molecule has 0 unspecified atom stereocenters. The number of hydrogen-bond acceptors (Lipinski definition) is 1. The molecule has 0 bridgehead atoms. The number of rotatable bonds is 1. The van der Waals surface area contributed by atoms with Crippen LogP contribution in [-0.2, 0) is 0 Å². The Balaban J connectivity index is 2.19. The number of fused-ring (bicyclic) bond motifs is 1. The molecule has 1 heterocycles. The predicted octanol–water partition coefficient (Wildman–Crippen LogP) is 3.82. The summed E-state index contributed by atoms with van der Waals surface area (Å²) in [6.07, 6.45) is 0. The van der Waals surface area contributed by atoms with E-state index in [2.05, 4.69) is 9.97 Å². The van der Waals surface area contributed by atoms with E-state index in [1.165, 1.54) is 12.1 Å². The van der Waals surface area contributed by atoms with Crippen LogP contribution >= 0.6 is 0 Å². The third kappa shape index (κ3) is 1.76. The normalized spacial score (nSPS) is 11.1. The van der Waals surface area contributed by atoms with E-state index in [-0.39, 0.29) is 5.56 Å². The van der Waals surface area contributed by atoms with E-state index in [9.17, 15) is 8.78 Å². The molecule has 0 fully saturated rings. The van der Waals surface area contributed by atoms with Crippen molar-refractivity contribution in [1.29, 1.82) is 0 Å². The lowest BCUT2D eigenvalue weighted by Crippen LogP contribution is -1.87. The van der Waals surface area contributed by atoms with Gasteiger partial charge in [-0.05, 0) is 36.8 Å². The summed E-state index contributed by atoms with van der Waals surface area (Å²) >= 11 is 0. The lowest BCUT2D eigenvalue weighted by molar-refractivity contribution is 0.585. The third-order valence-corrected chi connectivity index (χ3v) is 2.82. The monoisotopic (exact) mass is 244 g/mol. The molecule has 18 heavy (non-hydrogen) atoms. The Kier molecular flexibility index (Phi) is 2.37. The van der Waals surface area contributed by atoms with Crippen LogP contribution in [-0.4, -0.2) is 9.97 Å². The first-order valence-corrected chi connectivity index (χ1v) is 5.55. The maximum Gasteiger partial charge on any atom is 0.141 e. The molecule has 3 rings (SSSR count). The zero-order chi connectivity index (χ0) is 12.7. The van der Waals surface area contributed by atoms with E-state index in [0.717, 1.165) is 22.7 Å². The summed E-state index contributed by atoms with van der Waals surface area (Å²) in [5, 5.41) is 0. The molecule has 0 aliphatic rings. The summed E-state index contributed by atoms with van der Waals surface area (Å²) in [6, 6.07) is 9.20. The molecule has 2 aromatic carbocycles. The van der Waals surface area contributed by atoms with Gasteiger partial charge in [-0.25, -0.2) is 13.8 Å². The highest BCUT2D eigenvalue weighted by atomic mass is 19.1. The van der Waals surface area contributed by atoms with Crippen molar-refractivity contribution in [2.45, 2.75) is 6.92 Å². The van der Waals surface area contributed by atoms with Crippen LogP contribution in [0.1, 0.15) is 5.56 Å². The van der Waals surface area contributed by atoms with Gasteiger partial charge in [0.2, 0.25) is 0 Å². The van der Waals surface area contributed by atoms with Crippen LogP contribution in [0.25, 0.3) is 22.4 Å². The number of aryl methyl sites for hydroxylation is 1. The predicted molar refractivity (Wildman–Crippen MR) is 66.2 cm³/mol. The van der Waals surface area contributed by atoms with Crippen molar-refractivity contribution in [1.82, 2.24) is 9.97 Å². The van der Waals surface area contributed by atoms with Gasteiger partial charge in [0.05, 0.1) is 16.6 Å². The summed E-state index contributed by atoms with van der Waals surface area (Å²) in [6.45, 7) is 1.97. The second-order valence-electron chi connectivity index (χ2n) is 4.23. The van der Waals surface area contributed by atoms with E-state index in [4.69, 9.17) is 0 Å². The molecular weight excluding hydrogens is 234 g/mol. The van der Waals surface area contributed by atoms with Crippen LogP contribution in [0.3, 0.4) is 0 Å². The largest absolute Gasteiger partial charge is 0.338 e. The SMILES string of the molecule is Cc1ccc2nc(-c3ccc(F)cc3F)[nH]c2c1. The van der Waals surface area contributed by atoms with Gasteiger partial charge in [0.25, 0.3) is 0 Å². The van der Waals surface area contributed by atoms with E-state index >= 15 is 0 Å². The molecule has 2 nitrogen and oxygen atoms in total. The third-order valence-electron chi connectivity index (χ3n) is 2.82. The molecule has 4 heteroatoms. The topological polar surface area (TPSA) is 28.7 Å².